The van der Waals surface area contributed by atoms with Gasteiger partial charge in [-0.1, -0.05) is 42.5 Å². The van der Waals surface area contributed by atoms with Gasteiger partial charge in [0.1, 0.15) is 5.71 Å². The number of allylic oxidation sites excluding steroid dienone is 1. The molecule has 0 spiro atoms. The Labute approximate surface area is 188 Å². The van der Waals surface area contributed by atoms with E-state index in [9.17, 15) is 13.2 Å². The number of benzene rings is 2. The maximum Gasteiger partial charge on any atom is 0.432 e. The van der Waals surface area contributed by atoms with Crippen molar-refractivity contribution in [3.8, 4) is 33.8 Å². The fourth-order valence-electron chi connectivity index (χ4n) is 3.36. The molecule has 8 heteroatoms. The minimum atomic E-state index is -4.74. The van der Waals surface area contributed by atoms with Gasteiger partial charge in [-0.3, -0.25) is 10.5 Å². The molecule has 0 aliphatic carbocycles. The lowest BCUT2D eigenvalue weighted by Gasteiger charge is -2.10. The first-order chi connectivity index (χ1) is 15.7. The second-order valence-electron chi connectivity index (χ2n) is 7.50. The van der Waals surface area contributed by atoms with E-state index in [1.807, 2.05) is 61.5 Å². The maximum absolute atomic E-state index is 12.7. The number of rotatable bonds is 5. The Bertz CT molecular complexity index is 1350. The fourth-order valence-corrected chi connectivity index (χ4v) is 3.36. The van der Waals surface area contributed by atoms with Gasteiger partial charge < -0.3 is 5.73 Å². The number of aromatic nitrogens is 3. The number of aromatic amines is 1. The van der Waals surface area contributed by atoms with E-state index in [4.69, 9.17) is 16.1 Å². The van der Waals surface area contributed by atoms with Crippen LogP contribution in [-0.4, -0.2) is 27.1 Å². The number of hydrogen-bond donors (Lipinski definition) is 3. The minimum Gasteiger partial charge on any atom is -0.398 e. The highest BCUT2D eigenvalue weighted by molar-refractivity contribution is 6.02. The molecule has 4 N–H and O–H groups in total. The van der Waals surface area contributed by atoms with Crippen LogP contribution in [0.5, 0.6) is 0 Å². The van der Waals surface area contributed by atoms with Gasteiger partial charge in [0.05, 0.1) is 22.8 Å². The number of H-pyrrole nitrogens is 1. The van der Waals surface area contributed by atoms with Gasteiger partial charge in [-0.05, 0) is 60.0 Å². The quantitative estimate of drug-likeness (QED) is 0.328. The largest absolute Gasteiger partial charge is 0.432 e. The number of pyridine rings is 1. The third-order valence-corrected chi connectivity index (χ3v) is 5.02. The molecule has 0 aliphatic rings. The van der Waals surface area contributed by atoms with Crippen molar-refractivity contribution in [1.29, 1.82) is 5.41 Å². The van der Waals surface area contributed by atoms with Gasteiger partial charge in [0.25, 0.3) is 0 Å². The van der Waals surface area contributed by atoms with Gasteiger partial charge >= 0.3 is 6.18 Å². The van der Waals surface area contributed by atoms with Gasteiger partial charge in [0, 0.05) is 11.3 Å². The molecule has 2 heterocycles. The molecule has 2 aromatic carbocycles. The van der Waals surface area contributed by atoms with E-state index < -0.39 is 11.9 Å². The molecule has 0 unspecified atom stereocenters. The van der Waals surface area contributed by atoms with Crippen molar-refractivity contribution >= 4 is 11.4 Å². The number of hydrogen-bond acceptors (Lipinski definition) is 4. The average molecular weight is 447 g/mol. The highest BCUT2D eigenvalue weighted by Gasteiger charge is 2.32. The molecular formula is C25H20F3N5. The molecule has 2 aromatic heterocycles. The van der Waals surface area contributed by atoms with E-state index in [0.717, 1.165) is 39.5 Å². The van der Waals surface area contributed by atoms with E-state index in [1.54, 1.807) is 18.2 Å². The third-order valence-electron chi connectivity index (χ3n) is 5.02. The molecule has 166 valence electrons. The van der Waals surface area contributed by atoms with Gasteiger partial charge in [-0.25, -0.2) is 4.98 Å². The van der Waals surface area contributed by atoms with Gasteiger partial charge in [-0.15, -0.1) is 0 Å². The predicted octanol–water partition coefficient (Wildman–Crippen LogP) is 6.00. The molecule has 0 amide bonds. The topological polar surface area (TPSA) is 91.4 Å². The molecule has 0 atom stereocenters. The number of aryl methyl sites for hydroxylation is 1. The summed E-state index contributed by atoms with van der Waals surface area (Å²) in [5.74, 6) is 0. The molecule has 33 heavy (non-hydrogen) atoms. The van der Waals surface area contributed by atoms with Crippen LogP contribution < -0.4 is 5.73 Å². The average Bonchev–Trinajstić information content (AvgIpc) is 3.25. The van der Waals surface area contributed by atoms with E-state index in [0.29, 0.717) is 11.6 Å². The zero-order valence-corrected chi connectivity index (χ0v) is 17.6. The Morgan fingerprint density at radius 1 is 0.909 bits per heavy atom. The lowest BCUT2D eigenvalue weighted by Crippen LogP contribution is -2.20. The summed E-state index contributed by atoms with van der Waals surface area (Å²) in [7, 11) is 0. The van der Waals surface area contributed by atoms with Crippen LogP contribution >= 0.6 is 0 Å². The van der Waals surface area contributed by atoms with Crippen LogP contribution in [0.3, 0.4) is 0 Å². The first-order valence-corrected chi connectivity index (χ1v) is 10.0. The van der Waals surface area contributed by atoms with Gasteiger partial charge in [0.2, 0.25) is 0 Å². The van der Waals surface area contributed by atoms with E-state index >= 15 is 0 Å². The number of alkyl halides is 3. The summed E-state index contributed by atoms with van der Waals surface area (Å²) < 4.78 is 38.0. The Hall–Kier alpha value is -4.20. The molecule has 4 rings (SSSR count). The minimum absolute atomic E-state index is 0.125. The number of nitrogens with two attached hydrogens (primary N) is 1. The Balaban J connectivity index is 1.66. The molecule has 0 saturated heterocycles. The molecule has 0 bridgehead atoms. The second kappa shape index (κ2) is 8.74. The zero-order valence-electron chi connectivity index (χ0n) is 17.6. The molecule has 4 aromatic rings. The summed E-state index contributed by atoms with van der Waals surface area (Å²) in [6.07, 6.45) is -4.12. The Morgan fingerprint density at radius 2 is 1.55 bits per heavy atom. The molecule has 5 nitrogen and oxygen atoms in total. The molecule has 0 aliphatic heterocycles. The standard InChI is InChI=1S/C25H20F3N5/c1-15-11-23(33-32-15)22-10-4-9-21(31-22)19-8-3-6-17(13-19)16-5-2-7-18(12-16)20(29)14-24(30)25(26,27)28/h2-14,30H,29H2,1H3,(H,32,33)/b20-14-,30-24?. The van der Waals surface area contributed by atoms with Crippen LogP contribution in [0.1, 0.15) is 11.3 Å². The third kappa shape index (κ3) is 5.01. The summed E-state index contributed by atoms with van der Waals surface area (Å²) in [5.41, 5.74) is 10.4. The van der Waals surface area contributed by atoms with E-state index in [2.05, 4.69) is 10.2 Å². The summed E-state index contributed by atoms with van der Waals surface area (Å²) in [6.45, 7) is 1.90. The van der Waals surface area contributed by atoms with Crippen LogP contribution in [0.15, 0.2) is 78.9 Å². The van der Waals surface area contributed by atoms with E-state index in [1.165, 1.54) is 0 Å². The smallest absolute Gasteiger partial charge is 0.398 e. The molecular weight excluding hydrogens is 427 g/mol. The van der Waals surface area contributed by atoms with Crippen molar-refractivity contribution in [1.82, 2.24) is 15.2 Å². The Morgan fingerprint density at radius 3 is 2.24 bits per heavy atom. The van der Waals surface area contributed by atoms with Crippen LogP contribution in [0.2, 0.25) is 0 Å². The summed E-state index contributed by atoms with van der Waals surface area (Å²) in [5, 5.41) is 14.3. The van der Waals surface area contributed by atoms with E-state index in [-0.39, 0.29) is 5.70 Å². The van der Waals surface area contributed by atoms with Gasteiger partial charge in [0.15, 0.2) is 0 Å². The van der Waals surface area contributed by atoms with Gasteiger partial charge in [-0.2, -0.15) is 18.3 Å². The van der Waals surface area contributed by atoms with Crippen molar-refractivity contribution in [3.63, 3.8) is 0 Å². The van der Waals surface area contributed by atoms with Crippen LogP contribution in [0.4, 0.5) is 13.2 Å². The summed E-state index contributed by atoms with van der Waals surface area (Å²) in [4.78, 5) is 4.73. The maximum atomic E-state index is 12.7. The predicted molar refractivity (Wildman–Crippen MR) is 123 cm³/mol. The summed E-state index contributed by atoms with van der Waals surface area (Å²) in [6, 6.07) is 22.2. The first kappa shape index (κ1) is 22.0. The number of nitrogens with one attached hydrogen (secondary N) is 2. The SMILES string of the molecule is Cc1cc(-c2cccc(-c3cccc(-c4cccc(/C(N)=C/C(=N)C(F)(F)F)c4)c3)n2)[nH]n1. The highest BCUT2D eigenvalue weighted by Crippen LogP contribution is 2.28. The second-order valence-corrected chi connectivity index (χ2v) is 7.50. The highest BCUT2D eigenvalue weighted by atomic mass is 19.4. The lowest BCUT2D eigenvalue weighted by atomic mass is 9.98. The number of nitrogens with zero attached hydrogens (tertiary/aromatic N) is 2. The van der Waals surface area contributed by atoms with Crippen molar-refractivity contribution in [2.75, 3.05) is 0 Å². The van der Waals surface area contributed by atoms with Crippen molar-refractivity contribution < 1.29 is 13.2 Å². The molecule has 0 saturated carbocycles. The summed E-state index contributed by atoms with van der Waals surface area (Å²) >= 11 is 0. The van der Waals surface area contributed by atoms with Crippen molar-refractivity contribution in [2.45, 2.75) is 13.1 Å². The van der Waals surface area contributed by atoms with Crippen LogP contribution in [-0.2, 0) is 0 Å². The lowest BCUT2D eigenvalue weighted by molar-refractivity contribution is -0.0583. The fraction of sp³-hybridized carbons (Fsp3) is 0.0800. The normalized spacial score (nSPS) is 12.1. The zero-order chi connectivity index (χ0) is 23.6. The molecule has 0 fully saturated rings. The van der Waals surface area contributed by atoms with Crippen molar-refractivity contribution in [2.24, 2.45) is 5.73 Å². The van der Waals surface area contributed by atoms with Crippen LogP contribution in [0.25, 0.3) is 39.5 Å². The monoisotopic (exact) mass is 447 g/mol. The Kier molecular flexibility index (Phi) is 5.83. The number of halogens is 3. The first-order valence-electron chi connectivity index (χ1n) is 10.0. The molecule has 0 radical (unpaired) electrons. The van der Waals surface area contributed by atoms with Crippen LogP contribution in [0, 0.1) is 12.3 Å². The van der Waals surface area contributed by atoms with Crippen molar-refractivity contribution in [3.05, 3.63) is 90.1 Å².